The molecule has 0 amide bonds. The third-order valence-corrected chi connectivity index (χ3v) is 14.4. The van der Waals surface area contributed by atoms with Crippen LogP contribution in [0.4, 0.5) is 5.69 Å². The summed E-state index contributed by atoms with van der Waals surface area (Å²) in [4.78, 5) is 2.69. The molecule has 0 saturated heterocycles. The summed E-state index contributed by atoms with van der Waals surface area (Å²) in [5.41, 5.74) is 16.7. The van der Waals surface area contributed by atoms with E-state index in [4.69, 9.17) is 0 Å². The first-order valence-corrected chi connectivity index (χ1v) is 20.8. The number of fused-ring (bicyclic) bond motifs is 8. The van der Waals surface area contributed by atoms with E-state index in [2.05, 4.69) is 115 Å². The van der Waals surface area contributed by atoms with Crippen molar-refractivity contribution in [3.05, 3.63) is 154 Å². The van der Waals surface area contributed by atoms with Crippen molar-refractivity contribution in [2.75, 3.05) is 4.90 Å². The molecule has 2 fully saturated rings. The Kier molecular flexibility index (Phi) is 8.11. The van der Waals surface area contributed by atoms with Crippen LogP contribution in [0, 0.1) is 23.7 Å². The third-order valence-electron chi connectivity index (χ3n) is 14.4. The lowest BCUT2D eigenvalue weighted by molar-refractivity contribution is 0.285. The van der Waals surface area contributed by atoms with Crippen LogP contribution in [0.1, 0.15) is 126 Å². The van der Waals surface area contributed by atoms with Crippen molar-refractivity contribution in [2.45, 2.75) is 115 Å². The normalized spacial score (nSPS) is 30.1. The molecule has 0 radical (unpaired) electrons. The largest absolute Gasteiger partial charge is 0.315 e. The number of allylic oxidation sites excluding steroid dienone is 15. The Hall–Kier alpha value is -3.84. The molecule has 8 aliphatic carbocycles. The predicted molar refractivity (Wildman–Crippen MR) is 214 cm³/mol. The van der Waals surface area contributed by atoms with E-state index in [1.54, 1.807) is 27.9 Å². The highest BCUT2D eigenvalue weighted by Gasteiger charge is 2.57. The summed E-state index contributed by atoms with van der Waals surface area (Å²) in [5, 5.41) is 0. The summed E-state index contributed by atoms with van der Waals surface area (Å²) in [6.45, 7) is 2.54. The summed E-state index contributed by atoms with van der Waals surface area (Å²) in [7, 11) is 0. The van der Waals surface area contributed by atoms with E-state index in [0.717, 1.165) is 37.5 Å². The lowest BCUT2D eigenvalue weighted by Gasteiger charge is -2.39. The summed E-state index contributed by atoms with van der Waals surface area (Å²) < 4.78 is 0. The van der Waals surface area contributed by atoms with Crippen LogP contribution in [0.15, 0.2) is 137 Å². The van der Waals surface area contributed by atoms with Crippen LogP contribution in [-0.2, 0) is 5.41 Å². The molecule has 4 atom stereocenters. The standard InChI is InChI=1S/C50H55N/c1-34-32-41(33-48-49(34)44-20-10-13-23-47(44)50(48)45-21-11-8-18-42(45)43-19-9-12-22-46(43)50)51(39-28-24-37(25-29-39)35-14-4-2-5-15-35)40-30-26-38(27-31-40)36-16-6-3-7-17-36/h8-11,13,18-19,21,23-26,28-31,33-36,38,44H,2-7,12,14-17,20,22,27,32H2,1H3. The lowest BCUT2D eigenvalue weighted by atomic mass is 9.65. The molecule has 2 aromatic carbocycles. The minimum atomic E-state index is -0.152. The molecule has 0 aromatic heterocycles. The molecular weight excluding hydrogens is 615 g/mol. The number of anilines is 1. The van der Waals surface area contributed by atoms with Crippen molar-refractivity contribution < 1.29 is 0 Å². The second-order valence-electron chi connectivity index (χ2n) is 17.1. The van der Waals surface area contributed by atoms with E-state index >= 15 is 0 Å². The van der Waals surface area contributed by atoms with Gasteiger partial charge >= 0.3 is 0 Å². The fraction of sp³-hybridized carbons (Fsp3) is 0.440. The van der Waals surface area contributed by atoms with Crippen LogP contribution in [0.25, 0.3) is 5.57 Å². The molecule has 0 heterocycles. The topological polar surface area (TPSA) is 3.24 Å². The maximum atomic E-state index is 2.72. The number of hydrogen-bond donors (Lipinski definition) is 0. The molecule has 260 valence electrons. The molecule has 51 heavy (non-hydrogen) atoms. The number of rotatable bonds is 5. The zero-order valence-corrected chi connectivity index (χ0v) is 30.8. The fourth-order valence-electron chi connectivity index (χ4n) is 12.1. The first kappa shape index (κ1) is 31.9. The minimum absolute atomic E-state index is 0.152. The molecule has 2 aromatic rings. The Morgan fingerprint density at radius 1 is 0.804 bits per heavy atom. The zero-order valence-electron chi connectivity index (χ0n) is 30.8. The third kappa shape index (κ3) is 5.08. The number of hydrogen-bond acceptors (Lipinski definition) is 1. The molecular formula is C50H55N. The Bertz CT molecular complexity index is 1960. The van der Waals surface area contributed by atoms with Gasteiger partial charge < -0.3 is 4.90 Å². The van der Waals surface area contributed by atoms with Gasteiger partial charge in [0, 0.05) is 23.0 Å². The van der Waals surface area contributed by atoms with Gasteiger partial charge in [-0.1, -0.05) is 130 Å². The summed E-state index contributed by atoms with van der Waals surface area (Å²) in [5.74, 6) is 3.26. The molecule has 0 aliphatic heterocycles. The molecule has 1 spiro atoms. The quantitative estimate of drug-likeness (QED) is 0.306. The van der Waals surface area contributed by atoms with Crippen LogP contribution in [0.3, 0.4) is 0 Å². The smallest absolute Gasteiger partial charge is 0.0646 e. The van der Waals surface area contributed by atoms with Crippen LogP contribution >= 0.6 is 0 Å². The first-order chi connectivity index (χ1) is 25.2. The molecule has 10 rings (SSSR count). The Labute approximate surface area is 307 Å². The van der Waals surface area contributed by atoms with Crippen molar-refractivity contribution in [3.8, 4) is 0 Å². The molecule has 1 nitrogen and oxygen atoms in total. The van der Waals surface area contributed by atoms with Gasteiger partial charge in [-0.3, -0.25) is 0 Å². The summed E-state index contributed by atoms with van der Waals surface area (Å²) >= 11 is 0. The average Bonchev–Trinajstić information content (AvgIpc) is 3.67. The average molecular weight is 670 g/mol. The van der Waals surface area contributed by atoms with Crippen molar-refractivity contribution in [2.24, 2.45) is 23.7 Å². The van der Waals surface area contributed by atoms with E-state index in [-0.39, 0.29) is 5.41 Å². The second-order valence-corrected chi connectivity index (χ2v) is 17.1. The SMILES string of the molecule is CC1CC(N(C2=CCC(C3CCCCC3)C=C2)c2ccc(C3CCCCC3)cc2)=CC2=C1C1CC=CC=C1C21C2=C(C=CCC2)c2ccccc21. The van der Waals surface area contributed by atoms with Gasteiger partial charge in [-0.2, -0.15) is 0 Å². The van der Waals surface area contributed by atoms with Gasteiger partial charge in [0.1, 0.15) is 0 Å². The second kappa shape index (κ2) is 13.0. The molecule has 1 heteroatoms. The highest BCUT2D eigenvalue weighted by atomic mass is 15.2. The molecule has 8 aliphatic rings. The highest BCUT2D eigenvalue weighted by molar-refractivity contribution is 5.92. The highest BCUT2D eigenvalue weighted by Crippen LogP contribution is 2.67. The molecule has 4 unspecified atom stereocenters. The Morgan fingerprint density at radius 3 is 2.41 bits per heavy atom. The zero-order chi connectivity index (χ0) is 33.9. The Balaban J connectivity index is 1.11. The maximum absolute atomic E-state index is 2.72. The number of nitrogens with zero attached hydrogens (tertiary/aromatic N) is 1. The van der Waals surface area contributed by atoms with E-state index in [1.165, 1.54) is 104 Å². The minimum Gasteiger partial charge on any atom is -0.315 e. The van der Waals surface area contributed by atoms with Crippen molar-refractivity contribution in [1.29, 1.82) is 0 Å². The first-order valence-electron chi connectivity index (χ1n) is 20.8. The summed E-state index contributed by atoms with van der Waals surface area (Å²) in [6, 6.07) is 19.3. The van der Waals surface area contributed by atoms with Gasteiger partial charge in [0.05, 0.1) is 5.41 Å². The summed E-state index contributed by atoms with van der Waals surface area (Å²) in [6.07, 6.45) is 42.2. The van der Waals surface area contributed by atoms with Crippen LogP contribution in [-0.4, -0.2) is 0 Å². The van der Waals surface area contributed by atoms with Gasteiger partial charge in [-0.25, -0.2) is 0 Å². The monoisotopic (exact) mass is 669 g/mol. The Morgan fingerprint density at radius 2 is 1.61 bits per heavy atom. The van der Waals surface area contributed by atoms with Gasteiger partial charge in [0.15, 0.2) is 0 Å². The maximum Gasteiger partial charge on any atom is 0.0646 e. The van der Waals surface area contributed by atoms with Crippen molar-refractivity contribution in [3.63, 3.8) is 0 Å². The van der Waals surface area contributed by atoms with Crippen molar-refractivity contribution in [1.82, 2.24) is 0 Å². The fourth-order valence-corrected chi connectivity index (χ4v) is 12.1. The van der Waals surface area contributed by atoms with Gasteiger partial charge in [0.2, 0.25) is 0 Å². The molecule has 0 N–H and O–H groups in total. The van der Waals surface area contributed by atoms with Crippen molar-refractivity contribution >= 4 is 11.3 Å². The van der Waals surface area contributed by atoms with E-state index in [9.17, 15) is 0 Å². The van der Waals surface area contributed by atoms with Gasteiger partial charge in [-0.05, 0) is 145 Å². The molecule has 0 bridgehead atoms. The lowest BCUT2D eigenvalue weighted by Crippen LogP contribution is -2.32. The van der Waals surface area contributed by atoms with Crippen LogP contribution in [0.5, 0.6) is 0 Å². The van der Waals surface area contributed by atoms with Crippen LogP contribution in [0.2, 0.25) is 0 Å². The van der Waals surface area contributed by atoms with E-state index < -0.39 is 0 Å². The van der Waals surface area contributed by atoms with Crippen LogP contribution < -0.4 is 4.90 Å². The van der Waals surface area contributed by atoms with E-state index in [0.29, 0.717) is 17.8 Å². The van der Waals surface area contributed by atoms with Gasteiger partial charge in [0.25, 0.3) is 0 Å². The predicted octanol–water partition coefficient (Wildman–Crippen LogP) is 13.4. The number of benzene rings is 2. The van der Waals surface area contributed by atoms with Gasteiger partial charge in [-0.15, -0.1) is 0 Å². The molecule has 2 saturated carbocycles. The van der Waals surface area contributed by atoms with E-state index in [1.807, 2.05) is 0 Å².